The molecule has 0 spiro atoms. The number of nitrogens with zero attached hydrogens (tertiary/aromatic N) is 1. The van der Waals surface area contributed by atoms with Crippen molar-refractivity contribution in [1.29, 1.82) is 0 Å². The number of halogens is 4. The quantitative estimate of drug-likeness (QED) is 0.870. The van der Waals surface area contributed by atoms with Crippen LogP contribution >= 0.6 is 11.6 Å². The molecular weight excluding hydrogens is 371 g/mol. The maximum Gasteiger partial charge on any atom is 0.417 e. The summed E-state index contributed by atoms with van der Waals surface area (Å²) in [6.07, 6.45) is -4.00. The minimum atomic E-state index is -4.89. The lowest BCUT2D eigenvalue weighted by molar-refractivity contribution is -0.142. The molecule has 0 saturated carbocycles. The van der Waals surface area contributed by atoms with Gasteiger partial charge in [-0.2, -0.15) is 17.5 Å². The van der Waals surface area contributed by atoms with Crippen molar-refractivity contribution in [2.75, 3.05) is 0 Å². The Labute approximate surface area is 141 Å². The van der Waals surface area contributed by atoms with Gasteiger partial charge in [-0.1, -0.05) is 11.6 Å². The number of carboxylic acids is 1. The van der Waals surface area contributed by atoms with Crippen LogP contribution in [0, 0.1) is 5.92 Å². The van der Waals surface area contributed by atoms with E-state index in [9.17, 15) is 31.5 Å². The molecule has 3 rings (SSSR count). The molecule has 2 saturated heterocycles. The van der Waals surface area contributed by atoms with Crippen LogP contribution in [-0.4, -0.2) is 35.9 Å². The molecule has 0 aromatic heterocycles. The smallest absolute Gasteiger partial charge is 0.417 e. The molecule has 2 aliphatic heterocycles. The zero-order chi connectivity index (χ0) is 17.9. The van der Waals surface area contributed by atoms with E-state index in [1.807, 2.05) is 0 Å². The molecule has 24 heavy (non-hydrogen) atoms. The fourth-order valence-corrected chi connectivity index (χ4v) is 5.93. The van der Waals surface area contributed by atoms with Crippen molar-refractivity contribution < 1.29 is 31.5 Å². The number of alkyl halides is 3. The van der Waals surface area contributed by atoms with Crippen LogP contribution in [0.2, 0.25) is 5.02 Å². The Morgan fingerprint density at radius 1 is 1.29 bits per heavy atom. The second-order valence-electron chi connectivity index (χ2n) is 5.95. The van der Waals surface area contributed by atoms with Gasteiger partial charge in [0.25, 0.3) is 0 Å². The number of benzene rings is 1. The van der Waals surface area contributed by atoms with E-state index in [1.165, 1.54) is 0 Å². The lowest BCUT2D eigenvalue weighted by Crippen LogP contribution is -2.38. The molecule has 0 amide bonds. The first-order valence-corrected chi connectivity index (χ1v) is 8.98. The predicted molar refractivity (Wildman–Crippen MR) is 78.0 cm³/mol. The van der Waals surface area contributed by atoms with Gasteiger partial charge < -0.3 is 5.11 Å². The summed E-state index contributed by atoms with van der Waals surface area (Å²) in [5.41, 5.74) is -1.34. The van der Waals surface area contributed by atoms with Gasteiger partial charge in [-0.15, -0.1) is 0 Å². The number of fused-ring (bicyclic) bond motifs is 2. The zero-order valence-electron chi connectivity index (χ0n) is 12.1. The summed E-state index contributed by atoms with van der Waals surface area (Å²) in [6, 6.07) is 1.08. The molecule has 2 heterocycles. The molecule has 132 valence electrons. The molecule has 10 heteroatoms. The first kappa shape index (κ1) is 17.5. The lowest BCUT2D eigenvalue weighted by Gasteiger charge is -2.24. The molecule has 5 nitrogen and oxygen atoms in total. The molecule has 0 radical (unpaired) electrons. The number of hydrogen-bond acceptors (Lipinski definition) is 3. The van der Waals surface area contributed by atoms with Gasteiger partial charge >= 0.3 is 12.1 Å². The zero-order valence-corrected chi connectivity index (χ0v) is 13.7. The van der Waals surface area contributed by atoms with E-state index in [1.54, 1.807) is 0 Å². The Hall–Kier alpha value is -1.32. The maximum absolute atomic E-state index is 13.2. The average molecular weight is 384 g/mol. The molecule has 2 bridgehead atoms. The molecule has 3 atom stereocenters. The van der Waals surface area contributed by atoms with Crippen molar-refractivity contribution in [3.05, 3.63) is 28.8 Å². The molecule has 0 aliphatic carbocycles. The van der Waals surface area contributed by atoms with Crippen molar-refractivity contribution >= 4 is 27.6 Å². The van der Waals surface area contributed by atoms with E-state index >= 15 is 0 Å². The van der Waals surface area contributed by atoms with E-state index in [-0.39, 0.29) is 11.4 Å². The summed E-state index contributed by atoms with van der Waals surface area (Å²) in [5.74, 6) is -2.02. The Bertz CT molecular complexity index is 796. The Kier molecular flexibility index (Phi) is 4.09. The summed E-state index contributed by atoms with van der Waals surface area (Å²) in [5, 5.41) is 8.96. The Morgan fingerprint density at radius 3 is 2.50 bits per heavy atom. The van der Waals surface area contributed by atoms with Gasteiger partial charge in [0.2, 0.25) is 10.0 Å². The van der Waals surface area contributed by atoms with Crippen LogP contribution in [0.3, 0.4) is 0 Å². The fourth-order valence-electron chi connectivity index (χ4n) is 3.64. The largest absolute Gasteiger partial charge is 0.481 e. The van der Waals surface area contributed by atoms with E-state index in [2.05, 4.69) is 0 Å². The third kappa shape index (κ3) is 2.68. The van der Waals surface area contributed by atoms with E-state index in [0.717, 1.165) is 16.4 Å². The minimum absolute atomic E-state index is 0.119. The molecule has 2 fully saturated rings. The van der Waals surface area contributed by atoms with Crippen LogP contribution in [-0.2, 0) is 21.0 Å². The van der Waals surface area contributed by atoms with Crippen LogP contribution in [0.1, 0.15) is 24.8 Å². The molecule has 1 aromatic rings. The average Bonchev–Trinajstić information content (AvgIpc) is 3.04. The van der Waals surface area contributed by atoms with Crippen molar-refractivity contribution in [2.24, 2.45) is 5.92 Å². The summed E-state index contributed by atoms with van der Waals surface area (Å²) in [4.78, 5) is 10.4. The van der Waals surface area contributed by atoms with Crippen LogP contribution in [0.25, 0.3) is 0 Å². The van der Waals surface area contributed by atoms with Gasteiger partial charge in [-0.05, 0) is 37.5 Å². The van der Waals surface area contributed by atoms with Crippen LogP contribution in [0.15, 0.2) is 23.1 Å². The third-order valence-corrected chi connectivity index (χ3v) is 6.86. The highest BCUT2D eigenvalue weighted by atomic mass is 35.5. The van der Waals surface area contributed by atoms with Crippen molar-refractivity contribution in [3.63, 3.8) is 0 Å². The normalized spacial score (nSPS) is 27.6. The predicted octanol–water partition coefficient (Wildman–Crippen LogP) is 2.99. The standard InChI is InChI=1S/C14H13ClF3NO4S/c15-7-1-4-12(10(5-7)14(16,17)18)24(22,23)19-8-2-3-11(19)9(6-8)13(20)21/h1,4-5,8-9,11H,2-3,6H2,(H,20,21). The van der Waals surface area contributed by atoms with Gasteiger partial charge in [-0.3, -0.25) is 4.79 Å². The van der Waals surface area contributed by atoms with Gasteiger partial charge in [-0.25, -0.2) is 8.42 Å². The first-order chi connectivity index (χ1) is 11.0. The monoisotopic (exact) mass is 383 g/mol. The van der Waals surface area contributed by atoms with Crippen molar-refractivity contribution in [2.45, 2.75) is 42.4 Å². The molecular formula is C14H13ClF3NO4S. The minimum Gasteiger partial charge on any atom is -0.481 e. The van der Waals surface area contributed by atoms with Crippen LogP contribution in [0.5, 0.6) is 0 Å². The van der Waals surface area contributed by atoms with Crippen LogP contribution in [0.4, 0.5) is 13.2 Å². The number of hydrogen-bond donors (Lipinski definition) is 1. The second kappa shape index (κ2) is 5.60. The lowest BCUT2D eigenvalue weighted by atomic mass is 9.89. The van der Waals surface area contributed by atoms with Gasteiger partial charge in [0.15, 0.2) is 0 Å². The number of rotatable bonds is 3. The summed E-state index contributed by atoms with van der Waals surface area (Å²) < 4.78 is 66.3. The van der Waals surface area contributed by atoms with E-state index < -0.39 is 50.6 Å². The molecule has 1 aromatic carbocycles. The van der Waals surface area contributed by atoms with Crippen molar-refractivity contribution in [1.82, 2.24) is 4.31 Å². The summed E-state index contributed by atoms with van der Waals surface area (Å²) in [7, 11) is -4.48. The van der Waals surface area contributed by atoms with Crippen LogP contribution < -0.4 is 0 Å². The second-order valence-corrected chi connectivity index (χ2v) is 8.20. The molecule has 2 aliphatic rings. The fraction of sp³-hybridized carbons (Fsp3) is 0.500. The highest BCUT2D eigenvalue weighted by molar-refractivity contribution is 7.89. The summed E-state index contributed by atoms with van der Waals surface area (Å²) >= 11 is 5.58. The van der Waals surface area contributed by atoms with Gasteiger partial charge in [0.05, 0.1) is 16.4 Å². The maximum atomic E-state index is 13.2. The molecule has 1 N–H and O–H groups in total. The number of aliphatic carboxylic acids is 1. The topological polar surface area (TPSA) is 74.7 Å². The van der Waals surface area contributed by atoms with Gasteiger partial charge in [0, 0.05) is 17.1 Å². The SMILES string of the molecule is O=C(O)C1CC2CCC1N2S(=O)(=O)c1ccc(Cl)cc1C(F)(F)F. The van der Waals surface area contributed by atoms with E-state index in [4.69, 9.17) is 11.6 Å². The Morgan fingerprint density at radius 2 is 1.96 bits per heavy atom. The highest BCUT2D eigenvalue weighted by Gasteiger charge is 2.55. The summed E-state index contributed by atoms with van der Waals surface area (Å²) in [6.45, 7) is 0. The number of carboxylic acid groups (broad SMARTS) is 1. The third-order valence-electron chi connectivity index (χ3n) is 4.59. The number of carbonyl (C=O) groups is 1. The Balaban J connectivity index is 2.09. The molecule has 3 unspecified atom stereocenters. The van der Waals surface area contributed by atoms with Crippen molar-refractivity contribution in [3.8, 4) is 0 Å². The highest BCUT2D eigenvalue weighted by Crippen LogP contribution is 2.46. The van der Waals surface area contributed by atoms with Gasteiger partial charge in [0.1, 0.15) is 0 Å². The van der Waals surface area contributed by atoms with E-state index in [0.29, 0.717) is 18.9 Å². The number of sulfonamides is 1. The first-order valence-electron chi connectivity index (χ1n) is 7.16.